The minimum Gasteiger partial charge on any atom is -0.492 e. The normalized spacial score (nSPS) is 14.4. The molecule has 2 rings (SSSR count). The molecule has 1 fully saturated rings. The Balaban J connectivity index is 1.67. The third-order valence-corrected chi connectivity index (χ3v) is 3.30. The molecular weight excluding hydrogens is 280 g/mol. The number of nitrogens with one attached hydrogen (secondary N) is 3. The highest BCUT2D eigenvalue weighted by Crippen LogP contribution is 2.27. The number of carbonyl (C=O) groups excluding carboxylic acids is 1. The van der Waals surface area contributed by atoms with Gasteiger partial charge in [0.05, 0.1) is 6.54 Å². The van der Waals surface area contributed by atoms with Crippen LogP contribution < -0.4 is 20.7 Å². The molecule has 0 bridgehead atoms. The lowest BCUT2D eigenvalue weighted by molar-refractivity contribution is -0.114. The maximum atomic E-state index is 11.0. The molecule has 1 amide bonds. The van der Waals surface area contributed by atoms with Gasteiger partial charge in [0.1, 0.15) is 12.4 Å². The van der Waals surface area contributed by atoms with Crippen LogP contribution in [-0.2, 0) is 4.79 Å². The highest BCUT2D eigenvalue weighted by molar-refractivity contribution is 5.88. The van der Waals surface area contributed by atoms with E-state index in [4.69, 9.17) is 4.74 Å². The van der Waals surface area contributed by atoms with Gasteiger partial charge in [0.15, 0.2) is 5.96 Å². The number of rotatable bonds is 7. The van der Waals surface area contributed by atoms with Crippen LogP contribution in [0.4, 0.5) is 5.69 Å². The SMILES string of the molecule is CN=C(NCCOc1cccc(NC(C)=O)c1)NCC1CC1. The lowest BCUT2D eigenvalue weighted by atomic mass is 10.3. The first kappa shape index (κ1) is 16.1. The third kappa shape index (κ3) is 6.03. The molecule has 6 nitrogen and oxygen atoms in total. The van der Waals surface area contributed by atoms with Crippen molar-refractivity contribution < 1.29 is 9.53 Å². The van der Waals surface area contributed by atoms with Crippen molar-refractivity contribution in [3.63, 3.8) is 0 Å². The number of anilines is 1. The van der Waals surface area contributed by atoms with Crippen LogP contribution in [0.2, 0.25) is 0 Å². The Bertz CT molecular complexity index is 527. The van der Waals surface area contributed by atoms with Crippen molar-refractivity contribution >= 4 is 17.6 Å². The molecule has 120 valence electrons. The van der Waals surface area contributed by atoms with E-state index in [9.17, 15) is 4.79 Å². The van der Waals surface area contributed by atoms with Gasteiger partial charge < -0.3 is 20.7 Å². The zero-order valence-corrected chi connectivity index (χ0v) is 13.2. The Morgan fingerprint density at radius 2 is 2.18 bits per heavy atom. The molecule has 1 aromatic carbocycles. The molecule has 1 aliphatic carbocycles. The van der Waals surface area contributed by atoms with Gasteiger partial charge in [0.25, 0.3) is 0 Å². The number of nitrogens with zero attached hydrogens (tertiary/aromatic N) is 1. The average molecular weight is 304 g/mol. The molecule has 0 saturated heterocycles. The van der Waals surface area contributed by atoms with Gasteiger partial charge in [-0.25, -0.2) is 0 Å². The molecule has 22 heavy (non-hydrogen) atoms. The van der Waals surface area contributed by atoms with Gasteiger partial charge in [0, 0.05) is 32.3 Å². The summed E-state index contributed by atoms with van der Waals surface area (Å²) in [6, 6.07) is 7.35. The number of aliphatic imine (C=N–C) groups is 1. The predicted molar refractivity (Wildman–Crippen MR) is 88.3 cm³/mol. The van der Waals surface area contributed by atoms with E-state index < -0.39 is 0 Å². The van der Waals surface area contributed by atoms with E-state index in [1.165, 1.54) is 19.8 Å². The molecule has 0 aromatic heterocycles. The van der Waals surface area contributed by atoms with Gasteiger partial charge in [-0.3, -0.25) is 9.79 Å². The van der Waals surface area contributed by atoms with Crippen molar-refractivity contribution in [2.75, 3.05) is 32.1 Å². The van der Waals surface area contributed by atoms with E-state index in [0.29, 0.717) is 13.2 Å². The first-order valence-corrected chi connectivity index (χ1v) is 7.62. The topological polar surface area (TPSA) is 74.8 Å². The lowest BCUT2D eigenvalue weighted by Gasteiger charge is -2.12. The first-order valence-electron chi connectivity index (χ1n) is 7.62. The minimum atomic E-state index is -0.0932. The Kier molecular flexibility index (Phi) is 6.06. The standard InChI is InChI=1S/C16H24N4O2/c1-12(21)20-14-4-3-5-15(10-14)22-9-8-18-16(17-2)19-11-13-6-7-13/h3-5,10,13H,6-9,11H2,1-2H3,(H,20,21)(H2,17,18,19). The summed E-state index contributed by atoms with van der Waals surface area (Å²) >= 11 is 0. The maximum absolute atomic E-state index is 11.0. The van der Waals surface area contributed by atoms with E-state index in [1.807, 2.05) is 24.3 Å². The van der Waals surface area contributed by atoms with Gasteiger partial charge >= 0.3 is 0 Å². The largest absolute Gasteiger partial charge is 0.492 e. The van der Waals surface area contributed by atoms with Crippen molar-refractivity contribution in [2.24, 2.45) is 10.9 Å². The third-order valence-electron chi connectivity index (χ3n) is 3.30. The summed E-state index contributed by atoms with van der Waals surface area (Å²) in [6.07, 6.45) is 2.63. The molecule has 0 atom stereocenters. The fraction of sp³-hybridized carbons (Fsp3) is 0.500. The summed E-state index contributed by atoms with van der Waals surface area (Å²) in [5, 5.41) is 9.24. The maximum Gasteiger partial charge on any atom is 0.221 e. The van der Waals surface area contributed by atoms with Crippen molar-refractivity contribution in [1.82, 2.24) is 10.6 Å². The second-order valence-electron chi connectivity index (χ2n) is 5.38. The van der Waals surface area contributed by atoms with Crippen LogP contribution in [0.5, 0.6) is 5.75 Å². The van der Waals surface area contributed by atoms with Gasteiger partial charge in [-0.15, -0.1) is 0 Å². The summed E-state index contributed by atoms with van der Waals surface area (Å²) in [5.41, 5.74) is 0.736. The first-order chi connectivity index (χ1) is 10.7. The Morgan fingerprint density at radius 1 is 1.36 bits per heavy atom. The summed E-state index contributed by atoms with van der Waals surface area (Å²) in [5.74, 6) is 2.26. The van der Waals surface area contributed by atoms with E-state index >= 15 is 0 Å². The fourth-order valence-corrected chi connectivity index (χ4v) is 1.99. The van der Waals surface area contributed by atoms with Crippen molar-refractivity contribution in [3.05, 3.63) is 24.3 Å². The second kappa shape index (κ2) is 8.26. The summed E-state index contributed by atoms with van der Waals surface area (Å²) < 4.78 is 5.66. The number of hydrogen-bond donors (Lipinski definition) is 3. The molecule has 0 radical (unpaired) electrons. The van der Waals surface area contributed by atoms with Gasteiger partial charge in [-0.05, 0) is 30.9 Å². The molecule has 1 saturated carbocycles. The number of guanidine groups is 1. The van der Waals surface area contributed by atoms with E-state index in [2.05, 4.69) is 20.9 Å². The van der Waals surface area contributed by atoms with Crippen LogP contribution in [0, 0.1) is 5.92 Å². The number of ether oxygens (including phenoxy) is 1. The van der Waals surface area contributed by atoms with Gasteiger partial charge in [-0.1, -0.05) is 6.07 Å². The summed E-state index contributed by atoms with van der Waals surface area (Å²) in [4.78, 5) is 15.2. The van der Waals surface area contributed by atoms with Crippen molar-refractivity contribution in [3.8, 4) is 5.75 Å². The van der Waals surface area contributed by atoms with Crippen LogP contribution in [0.25, 0.3) is 0 Å². The molecule has 1 aromatic rings. The quantitative estimate of drug-likeness (QED) is 0.406. The molecule has 0 spiro atoms. The zero-order valence-electron chi connectivity index (χ0n) is 13.2. The monoisotopic (exact) mass is 304 g/mol. The highest BCUT2D eigenvalue weighted by Gasteiger charge is 2.20. The van der Waals surface area contributed by atoms with Crippen molar-refractivity contribution in [2.45, 2.75) is 19.8 Å². The lowest BCUT2D eigenvalue weighted by Crippen LogP contribution is -2.40. The Hall–Kier alpha value is -2.24. The van der Waals surface area contributed by atoms with Crippen molar-refractivity contribution in [1.29, 1.82) is 0 Å². The Morgan fingerprint density at radius 3 is 2.86 bits per heavy atom. The zero-order chi connectivity index (χ0) is 15.8. The minimum absolute atomic E-state index is 0.0932. The number of amides is 1. The average Bonchev–Trinajstić information content (AvgIpc) is 3.30. The number of carbonyl (C=O) groups is 1. The molecule has 0 unspecified atom stereocenters. The van der Waals surface area contributed by atoms with Crippen LogP contribution in [0.1, 0.15) is 19.8 Å². The van der Waals surface area contributed by atoms with E-state index in [-0.39, 0.29) is 5.91 Å². The predicted octanol–water partition coefficient (Wildman–Crippen LogP) is 1.60. The highest BCUT2D eigenvalue weighted by atomic mass is 16.5. The summed E-state index contributed by atoms with van der Waals surface area (Å²) in [7, 11) is 1.76. The molecule has 0 heterocycles. The van der Waals surface area contributed by atoms with Crippen LogP contribution in [0.15, 0.2) is 29.3 Å². The molecule has 1 aliphatic rings. The summed E-state index contributed by atoms with van der Waals surface area (Å²) in [6.45, 7) is 3.65. The second-order valence-corrected chi connectivity index (χ2v) is 5.38. The van der Waals surface area contributed by atoms with E-state index in [0.717, 1.165) is 29.9 Å². The Labute approximate surface area is 131 Å². The van der Waals surface area contributed by atoms with Gasteiger partial charge in [0.2, 0.25) is 5.91 Å². The number of benzene rings is 1. The molecular formula is C16H24N4O2. The van der Waals surface area contributed by atoms with Gasteiger partial charge in [-0.2, -0.15) is 0 Å². The van der Waals surface area contributed by atoms with E-state index in [1.54, 1.807) is 7.05 Å². The van der Waals surface area contributed by atoms with Crippen LogP contribution >= 0.6 is 0 Å². The smallest absolute Gasteiger partial charge is 0.221 e. The number of hydrogen-bond acceptors (Lipinski definition) is 3. The fourth-order valence-electron chi connectivity index (χ4n) is 1.99. The molecule has 0 aliphatic heterocycles. The van der Waals surface area contributed by atoms with Crippen LogP contribution in [-0.4, -0.2) is 38.6 Å². The van der Waals surface area contributed by atoms with Crippen LogP contribution in [0.3, 0.4) is 0 Å². The molecule has 3 N–H and O–H groups in total. The molecule has 6 heteroatoms.